The van der Waals surface area contributed by atoms with Gasteiger partial charge < -0.3 is 11.1 Å². The lowest BCUT2D eigenvalue weighted by Gasteiger charge is -2.08. The molecule has 0 saturated carbocycles. The predicted molar refractivity (Wildman–Crippen MR) is 83.4 cm³/mol. The Hall–Kier alpha value is -1.80. The fourth-order valence-corrected chi connectivity index (χ4v) is 2.76. The molecule has 0 aliphatic heterocycles. The molecule has 0 amide bonds. The second kappa shape index (κ2) is 6.10. The molecule has 4 N–H and O–H groups in total. The third-order valence-corrected chi connectivity index (χ3v) is 4.71. The number of nitrogens with one attached hydrogen (secondary N) is 2. The molecule has 0 unspecified atom stereocenters. The number of hydrogen-bond donors (Lipinski definition) is 3. The van der Waals surface area contributed by atoms with Crippen LogP contribution in [-0.4, -0.2) is 19.2 Å². The molecule has 2 aromatic rings. The number of hydrogen-bond acceptors (Lipinski definition) is 6. The van der Waals surface area contributed by atoms with Gasteiger partial charge in [-0.2, -0.15) is 0 Å². The van der Waals surface area contributed by atoms with Crippen molar-refractivity contribution in [3.63, 3.8) is 0 Å². The summed E-state index contributed by atoms with van der Waals surface area (Å²) in [5, 5.41) is 3.76. The van der Waals surface area contributed by atoms with Crippen LogP contribution in [-0.2, 0) is 16.6 Å². The summed E-state index contributed by atoms with van der Waals surface area (Å²) in [6.07, 6.45) is 1.73. The van der Waals surface area contributed by atoms with Gasteiger partial charge in [-0.1, -0.05) is 0 Å². The third kappa shape index (κ3) is 4.10. The minimum absolute atomic E-state index is 0.0554. The molecule has 0 atom stereocenters. The number of nitrogen functional groups attached to an aromatic ring is 1. The van der Waals surface area contributed by atoms with Gasteiger partial charge in [0.05, 0.1) is 12.3 Å². The molecular weight excluding hydrogens is 296 g/mol. The topological polar surface area (TPSA) is 97.1 Å². The van der Waals surface area contributed by atoms with Crippen molar-refractivity contribution < 1.29 is 8.42 Å². The van der Waals surface area contributed by atoms with Crippen LogP contribution in [0.25, 0.3) is 0 Å². The molecule has 20 heavy (non-hydrogen) atoms. The first-order valence-corrected chi connectivity index (χ1v) is 8.50. The molecule has 1 aromatic carbocycles. The summed E-state index contributed by atoms with van der Waals surface area (Å²) in [5.41, 5.74) is 7.01. The molecule has 6 nitrogen and oxygen atoms in total. The van der Waals surface area contributed by atoms with E-state index in [1.165, 1.54) is 11.3 Å². The van der Waals surface area contributed by atoms with Gasteiger partial charge in [-0.05, 0) is 31.2 Å². The molecule has 2 rings (SSSR count). The molecule has 108 valence electrons. The Labute approximate surface area is 122 Å². The highest BCUT2D eigenvalue weighted by molar-refractivity contribution is 7.92. The van der Waals surface area contributed by atoms with Crippen molar-refractivity contribution in [3.05, 3.63) is 35.3 Å². The first kappa shape index (κ1) is 14.6. The third-order valence-electron chi connectivity index (χ3n) is 2.58. The van der Waals surface area contributed by atoms with Crippen molar-refractivity contribution in [1.29, 1.82) is 0 Å². The fraction of sp³-hybridized carbons (Fsp3) is 0.250. The van der Waals surface area contributed by atoms with Gasteiger partial charge in [-0.15, -0.1) is 11.3 Å². The maximum atomic E-state index is 11.4. The summed E-state index contributed by atoms with van der Waals surface area (Å²) in [4.78, 5) is 5.01. The van der Waals surface area contributed by atoms with Gasteiger partial charge in [-0.3, -0.25) is 4.72 Å². The fourth-order valence-electron chi connectivity index (χ4n) is 1.50. The lowest BCUT2D eigenvalue weighted by Crippen LogP contribution is -2.14. The molecule has 0 radical (unpaired) electrons. The second-order valence-corrected chi connectivity index (χ2v) is 7.26. The van der Waals surface area contributed by atoms with Crippen LogP contribution in [0.5, 0.6) is 0 Å². The van der Waals surface area contributed by atoms with Crippen LogP contribution in [0, 0.1) is 0 Å². The van der Waals surface area contributed by atoms with Gasteiger partial charge >= 0.3 is 0 Å². The number of nitrogens with two attached hydrogens (primary N) is 1. The van der Waals surface area contributed by atoms with Gasteiger partial charge in [0, 0.05) is 22.4 Å². The summed E-state index contributed by atoms with van der Waals surface area (Å²) in [5.74, 6) is 0.0554. The van der Waals surface area contributed by atoms with E-state index in [4.69, 9.17) is 5.73 Å². The largest absolute Gasteiger partial charge is 0.380 e. The van der Waals surface area contributed by atoms with E-state index in [0.717, 1.165) is 10.6 Å². The average Bonchev–Trinajstić information content (AvgIpc) is 2.83. The van der Waals surface area contributed by atoms with E-state index < -0.39 is 10.0 Å². The maximum Gasteiger partial charge on any atom is 0.232 e. The van der Waals surface area contributed by atoms with Crippen molar-refractivity contribution in [2.75, 3.05) is 21.5 Å². The van der Waals surface area contributed by atoms with Gasteiger partial charge in [0.15, 0.2) is 5.13 Å². The lowest BCUT2D eigenvalue weighted by atomic mass is 10.3. The lowest BCUT2D eigenvalue weighted by molar-refractivity contribution is 0.602. The number of sulfonamides is 1. The molecule has 0 aliphatic carbocycles. The van der Waals surface area contributed by atoms with E-state index in [1.54, 1.807) is 25.3 Å². The van der Waals surface area contributed by atoms with Crippen LogP contribution in [0.4, 0.5) is 16.5 Å². The molecular formula is C12H16N4O2S2. The van der Waals surface area contributed by atoms with E-state index >= 15 is 0 Å². The van der Waals surface area contributed by atoms with E-state index in [9.17, 15) is 8.42 Å². The molecule has 8 heteroatoms. The molecule has 0 aliphatic rings. The first-order chi connectivity index (χ1) is 9.48. The van der Waals surface area contributed by atoms with Crippen LogP contribution < -0.4 is 15.8 Å². The van der Waals surface area contributed by atoms with E-state index in [0.29, 0.717) is 17.4 Å². The maximum absolute atomic E-state index is 11.4. The van der Waals surface area contributed by atoms with Gasteiger partial charge in [-0.25, -0.2) is 13.4 Å². The molecule has 0 saturated heterocycles. The summed E-state index contributed by atoms with van der Waals surface area (Å²) in [6.45, 7) is 2.23. The molecule has 1 heterocycles. The van der Waals surface area contributed by atoms with Gasteiger partial charge in [0.1, 0.15) is 0 Å². The standard InChI is InChI=1S/C12H16N4O2S2/c1-2-20(17,18)16-10-5-3-9(4-6-10)14-7-11-8-15-12(13)19-11/h3-6,8,14,16H,2,7H2,1H3,(H2,13,15). The Morgan fingerprint density at radius 3 is 2.45 bits per heavy atom. The first-order valence-electron chi connectivity index (χ1n) is 6.03. The smallest absolute Gasteiger partial charge is 0.232 e. The Kier molecular flexibility index (Phi) is 4.46. The van der Waals surface area contributed by atoms with Crippen LogP contribution in [0.2, 0.25) is 0 Å². The summed E-state index contributed by atoms with van der Waals surface area (Å²) >= 11 is 1.43. The van der Waals surface area contributed by atoms with E-state index in [2.05, 4.69) is 15.0 Å². The minimum atomic E-state index is -3.23. The monoisotopic (exact) mass is 312 g/mol. The van der Waals surface area contributed by atoms with Crippen LogP contribution >= 0.6 is 11.3 Å². The quantitative estimate of drug-likeness (QED) is 0.759. The summed E-state index contributed by atoms with van der Waals surface area (Å²) in [7, 11) is -3.23. The van der Waals surface area contributed by atoms with Crippen molar-refractivity contribution in [2.24, 2.45) is 0 Å². The van der Waals surface area contributed by atoms with Crippen molar-refractivity contribution in [2.45, 2.75) is 13.5 Å². The summed E-state index contributed by atoms with van der Waals surface area (Å²) in [6, 6.07) is 7.07. The predicted octanol–water partition coefficient (Wildman–Crippen LogP) is 2.10. The second-order valence-electron chi connectivity index (χ2n) is 4.10. The molecule has 0 fully saturated rings. The molecule has 0 spiro atoms. The zero-order chi connectivity index (χ0) is 14.6. The number of nitrogens with zero attached hydrogens (tertiary/aromatic N) is 1. The van der Waals surface area contributed by atoms with E-state index in [-0.39, 0.29) is 5.75 Å². The van der Waals surface area contributed by atoms with Crippen LogP contribution in [0.3, 0.4) is 0 Å². The highest BCUT2D eigenvalue weighted by Gasteiger charge is 2.06. The Morgan fingerprint density at radius 1 is 1.25 bits per heavy atom. The Bertz CT molecular complexity index is 665. The highest BCUT2D eigenvalue weighted by atomic mass is 32.2. The summed E-state index contributed by atoms with van der Waals surface area (Å²) < 4.78 is 25.3. The Balaban J connectivity index is 1.94. The van der Waals surface area contributed by atoms with E-state index in [1.807, 2.05) is 12.1 Å². The van der Waals surface area contributed by atoms with Crippen LogP contribution in [0.15, 0.2) is 30.5 Å². The average molecular weight is 312 g/mol. The van der Waals surface area contributed by atoms with Crippen molar-refractivity contribution in [3.8, 4) is 0 Å². The van der Waals surface area contributed by atoms with Gasteiger partial charge in [0.25, 0.3) is 0 Å². The molecule has 1 aromatic heterocycles. The van der Waals surface area contributed by atoms with Crippen molar-refractivity contribution >= 4 is 37.9 Å². The molecule has 0 bridgehead atoms. The number of rotatable bonds is 6. The van der Waals surface area contributed by atoms with Crippen LogP contribution in [0.1, 0.15) is 11.8 Å². The zero-order valence-electron chi connectivity index (χ0n) is 11.0. The zero-order valence-corrected chi connectivity index (χ0v) is 12.6. The number of thiazole rings is 1. The SMILES string of the molecule is CCS(=O)(=O)Nc1ccc(NCc2cnc(N)s2)cc1. The highest BCUT2D eigenvalue weighted by Crippen LogP contribution is 2.18. The minimum Gasteiger partial charge on any atom is -0.380 e. The normalized spacial score (nSPS) is 11.2. The number of benzene rings is 1. The number of aromatic nitrogens is 1. The van der Waals surface area contributed by atoms with Gasteiger partial charge in [0.2, 0.25) is 10.0 Å². The number of anilines is 3. The Morgan fingerprint density at radius 2 is 1.90 bits per heavy atom. The van der Waals surface area contributed by atoms with Crippen molar-refractivity contribution in [1.82, 2.24) is 4.98 Å².